The molecule has 3 aliphatic rings. The van der Waals surface area contributed by atoms with Crippen molar-refractivity contribution in [2.75, 3.05) is 0 Å². The first-order valence-electron chi connectivity index (χ1n) is 11.6. The zero-order valence-electron chi connectivity index (χ0n) is 19.1. The summed E-state index contributed by atoms with van der Waals surface area (Å²) in [5.74, 6) is 0.776. The smallest absolute Gasteiger partial charge is 0.311 e. The van der Waals surface area contributed by atoms with Crippen LogP contribution in [0.2, 0.25) is 0 Å². The van der Waals surface area contributed by atoms with Gasteiger partial charge in [-0.25, -0.2) is 0 Å². The molecular formula is C25H38O5. The maximum atomic E-state index is 12.9. The highest BCUT2D eigenvalue weighted by Crippen LogP contribution is 2.45. The third-order valence-electron chi connectivity index (χ3n) is 7.35. The summed E-state index contributed by atoms with van der Waals surface area (Å²) in [4.78, 5) is 24.6. The van der Waals surface area contributed by atoms with E-state index in [-0.39, 0.29) is 36.5 Å². The first-order valence-corrected chi connectivity index (χ1v) is 11.6. The van der Waals surface area contributed by atoms with Crippen LogP contribution in [0.3, 0.4) is 0 Å². The normalized spacial score (nSPS) is 36.5. The fourth-order valence-electron chi connectivity index (χ4n) is 5.08. The zero-order chi connectivity index (χ0) is 22.1. The molecule has 0 spiro atoms. The number of fused-ring (bicyclic) bond motifs is 1. The molecule has 0 aromatic rings. The lowest BCUT2D eigenvalue weighted by atomic mass is 9.65. The molecule has 0 aromatic heterocycles. The highest BCUT2D eigenvalue weighted by atomic mass is 16.6. The Balaban J connectivity index is 1.76. The molecule has 0 bridgehead atoms. The molecule has 30 heavy (non-hydrogen) atoms. The number of esters is 2. The molecule has 0 saturated carbocycles. The maximum Gasteiger partial charge on any atom is 0.311 e. The second-order valence-electron chi connectivity index (χ2n) is 10.3. The zero-order valence-corrected chi connectivity index (χ0v) is 19.1. The van der Waals surface area contributed by atoms with Crippen LogP contribution >= 0.6 is 0 Å². The van der Waals surface area contributed by atoms with E-state index in [1.807, 2.05) is 20.8 Å². The van der Waals surface area contributed by atoms with Crippen LogP contribution in [-0.2, 0) is 19.1 Å². The molecule has 1 fully saturated rings. The van der Waals surface area contributed by atoms with Gasteiger partial charge in [0.15, 0.2) is 0 Å². The second-order valence-corrected chi connectivity index (χ2v) is 10.3. The highest BCUT2D eigenvalue weighted by Gasteiger charge is 2.43. The van der Waals surface area contributed by atoms with Crippen molar-refractivity contribution < 1.29 is 24.2 Å². The van der Waals surface area contributed by atoms with Crippen LogP contribution in [0.4, 0.5) is 0 Å². The standard InChI is InChI=1S/C25H38O5/c1-6-25(4,5)24(28)30-21-12-15(2)11-17-8-7-16(3)20(23(17)21)10-9-19-13-18(26)14-22(27)29-19/h7-8,11,15-16,18-21,23,26H,6,9-10,12-14H2,1-5H3/t15-,16-,18-,19+,20-,21-,23?/m0/s1. The van der Waals surface area contributed by atoms with E-state index in [9.17, 15) is 14.7 Å². The van der Waals surface area contributed by atoms with Gasteiger partial charge in [0.05, 0.1) is 17.9 Å². The van der Waals surface area contributed by atoms with E-state index in [4.69, 9.17) is 9.47 Å². The van der Waals surface area contributed by atoms with E-state index in [0.29, 0.717) is 24.2 Å². The summed E-state index contributed by atoms with van der Waals surface area (Å²) in [7, 11) is 0. The number of carbonyl (C=O) groups is 2. The summed E-state index contributed by atoms with van der Waals surface area (Å²) in [6, 6.07) is 0. The minimum atomic E-state index is -0.601. The van der Waals surface area contributed by atoms with E-state index in [1.165, 1.54) is 5.57 Å². The summed E-state index contributed by atoms with van der Waals surface area (Å²) in [5.41, 5.74) is 0.785. The van der Waals surface area contributed by atoms with Crippen LogP contribution < -0.4 is 0 Å². The predicted molar refractivity (Wildman–Crippen MR) is 115 cm³/mol. The average Bonchev–Trinajstić information content (AvgIpc) is 2.66. The molecule has 7 atom stereocenters. The van der Waals surface area contributed by atoms with Crippen molar-refractivity contribution in [2.24, 2.45) is 29.1 Å². The number of hydrogen-bond acceptors (Lipinski definition) is 5. The van der Waals surface area contributed by atoms with Crippen molar-refractivity contribution in [3.05, 3.63) is 23.8 Å². The molecule has 168 valence electrons. The first-order chi connectivity index (χ1) is 14.1. The van der Waals surface area contributed by atoms with Gasteiger partial charge in [-0.2, -0.15) is 0 Å². The molecule has 0 radical (unpaired) electrons. The fourth-order valence-corrected chi connectivity index (χ4v) is 5.08. The Labute approximate surface area is 180 Å². The SMILES string of the molecule is CCC(C)(C)C(=O)O[C@H]1C[C@@H](C)C=C2C=C[C@H](C)[C@H](CC[C@@H]3C[C@H](O)CC(=O)O3)C21. The van der Waals surface area contributed by atoms with Gasteiger partial charge in [-0.15, -0.1) is 0 Å². The summed E-state index contributed by atoms with van der Waals surface area (Å²) < 4.78 is 11.6. The van der Waals surface area contributed by atoms with Gasteiger partial charge in [0.1, 0.15) is 12.2 Å². The van der Waals surface area contributed by atoms with E-state index < -0.39 is 11.5 Å². The van der Waals surface area contributed by atoms with Crippen molar-refractivity contribution in [3.8, 4) is 0 Å². The molecule has 5 nitrogen and oxygen atoms in total. The molecule has 1 N–H and O–H groups in total. The van der Waals surface area contributed by atoms with E-state index in [1.54, 1.807) is 0 Å². The largest absolute Gasteiger partial charge is 0.462 e. The van der Waals surface area contributed by atoms with Crippen molar-refractivity contribution in [3.63, 3.8) is 0 Å². The van der Waals surface area contributed by atoms with Crippen LogP contribution in [0.25, 0.3) is 0 Å². The molecular weight excluding hydrogens is 380 g/mol. The molecule has 1 aliphatic heterocycles. The Kier molecular flexibility index (Phi) is 7.11. The molecule has 0 amide bonds. The van der Waals surface area contributed by atoms with E-state index >= 15 is 0 Å². The Bertz CT molecular complexity index is 706. The summed E-state index contributed by atoms with van der Waals surface area (Å²) in [5, 5.41) is 9.92. The Hall–Kier alpha value is -1.62. The van der Waals surface area contributed by atoms with E-state index in [2.05, 4.69) is 32.1 Å². The lowest BCUT2D eigenvalue weighted by Gasteiger charge is -2.44. The third kappa shape index (κ3) is 5.16. The van der Waals surface area contributed by atoms with Gasteiger partial charge in [-0.3, -0.25) is 9.59 Å². The van der Waals surface area contributed by atoms with Gasteiger partial charge in [-0.1, -0.05) is 39.0 Å². The molecule has 1 unspecified atom stereocenters. The lowest BCUT2D eigenvalue weighted by Crippen LogP contribution is -2.43. The number of aliphatic hydroxyl groups excluding tert-OH is 1. The number of cyclic esters (lactones) is 1. The number of allylic oxidation sites excluding steroid dienone is 3. The Morgan fingerprint density at radius 3 is 2.67 bits per heavy atom. The molecule has 5 heteroatoms. The predicted octanol–water partition coefficient (Wildman–Crippen LogP) is 4.59. The number of aliphatic hydroxyl groups is 1. The van der Waals surface area contributed by atoms with Crippen molar-refractivity contribution in [1.29, 1.82) is 0 Å². The number of rotatable bonds is 6. The van der Waals surface area contributed by atoms with Crippen LogP contribution in [0, 0.1) is 29.1 Å². The number of ether oxygens (including phenoxy) is 2. The van der Waals surface area contributed by atoms with Gasteiger partial charge in [-0.05, 0) is 62.9 Å². The lowest BCUT2D eigenvalue weighted by molar-refractivity contribution is -0.166. The molecule has 3 rings (SSSR count). The Morgan fingerprint density at radius 2 is 2.00 bits per heavy atom. The highest BCUT2D eigenvalue weighted by molar-refractivity contribution is 5.76. The van der Waals surface area contributed by atoms with Crippen LogP contribution in [0.15, 0.2) is 23.8 Å². The topological polar surface area (TPSA) is 72.8 Å². The molecule has 0 aromatic carbocycles. The summed E-state index contributed by atoms with van der Waals surface area (Å²) >= 11 is 0. The number of carbonyl (C=O) groups excluding carboxylic acids is 2. The van der Waals surface area contributed by atoms with Crippen LogP contribution in [0.5, 0.6) is 0 Å². The molecule has 2 aliphatic carbocycles. The van der Waals surface area contributed by atoms with Gasteiger partial charge >= 0.3 is 11.9 Å². The monoisotopic (exact) mass is 418 g/mol. The van der Waals surface area contributed by atoms with Crippen molar-refractivity contribution in [2.45, 2.75) is 91.5 Å². The van der Waals surface area contributed by atoms with Crippen LogP contribution in [-0.4, -0.2) is 35.4 Å². The molecule has 1 heterocycles. The quantitative estimate of drug-likeness (QED) is 0.639. The summed E-state index contributed by atoms with van der Waals surface area (Å²) in [6.45, 7) is 10.3. The maximum absolute atomic E-state index is 12.9. The number of hydrogen-bond donors (Lipinski definition) is 1. The molecule has 1 saturated heterocycles. The van der Waals surface area contributed by atoms with E-state index in [0.717, 1.165) is 25.7 Å². The fraction of sp³-hybridized carbons (Fsp3) is 0.760. The van der Waals surface area contributed by atoms with Gasteiger partial charge in [0.2, 0.25) is 0 Å². The third-order valence-corrected chi connectivity index (χ3v) is 7.35. The minimum absolute atomic E-state index is 0.0949. The second kappa shape index (κ2) is 9.25. The summed E-state index contributed by atoms with van der Waals surface area (Å²) in [6.07, 6.45) is 9.61. The first kappa shape index (κ1) is 23.1. The van der Waals surface area contributed by atoms with Gasteiger partial charge in [0, 0.05) is 12.3 Å². The minimum Gasteiger partial charge on any atom is -0.462 e. The van der Waals surface area contributed by atoms with Gasteiger partial charge in [0.25, 0.3) is 0 Å². The van der Waals surface area contributed by atoms with Crippen LogP contribution in [0.1, 0.15) is 73.1 Å². The van der Waals surface area contributed by atoms with Crippen molar-refractivity contribution >= 4 is 11.9 Å². The average molecular weight is 419 g/mol. The van der Waals surface area contributed by atoms with Gasteiger partial charge < -0.3 is 14.6 Å². The van der Waals surface area contributed by atoms with Crippen molar-refractivity contribution in [1.82, 2.24) is 0 Å². The Morgan fingerprint density at radius 1 is 1.27 bits per heavy atom.